The van der Waals surface area contributed by atoms with E-state index in [-0.39, 0.29) is 11.6 Å². The van der Waals surface area contributed by atoms with Crippen LogP contribution in [-0.4, -0.2) is 15.6 Å². The minimum Gasteiger partial charge on any atom is -0.487 e. The molecule has 4 nitrogen and oxygen atoms in total. The summed E-state index contributed by atoms with van der Waals surface area (Å²) in [4.78, 5) is 4.75. The minimum absolute atomic E-state index is 0.00486. The molecule has 1 aliphatic heterocycles. The molecule has 1 aromatic heterocycles. The Morgan fingerprint density at radius 2 is 2.26 bits per heavy atom. The Hall–Kier alpha value is -2.45. The summed E-state index contributed by atoms with van der Waals surface area (Å²) in [5, 5.41) is 12.5. The van der Waals surface area contributed by atoms with E-state index in [0.29, 0.717) is 10.6 Å². The molecule has 0 aliphatic carbocycles. The third-order valence-corrected chi connectivity index (χ3v) is 4.18. The average Bonchev–Trinajstić information content (AvgIpc) is 2.54. The van der Waals surface area contributed by atoms with Gasteiger partial charge in [-0.25, -0.2) is 0 Å². The Morgan fingerprint density at radius 1 is 1.43 bits per heavy atom. The van der Waals surface area contributed by atoms with Crippen LogP contribution in [0.4, 0.5) is 0 Å². The molecular formula is C18H17N3OS. The van der Waals surface area contributed by atoms with Gasteiger partial charge in [-0.3, -0.25) is 4.98 Å². The number of nitrogens with one attached hydrogen (secondary N) is 1. The summed E-state index contributed by atoms with van der Waals surface area (Å²) in [5.74, 6) is 0.798. The summed E-state index contributed by atoms with van der Waals surface area (Å²) in [5.41, 5.74) is 2.16. The molecule has 0 spiro atoms. The van der Waals surface area contributed by atoms with Gasteiger partial charge in [0.05, 0.1) is 17.7 Å². The number of nitrogens with zero attached hydrogens (tertiary/aromatic N) is 2. The molecule has 2 heterocycles. The molecule has 5 heteroatoms. The van der Waals surface area contributed by atoms with Crippen LogP contribution >= 0.6 is 12.2 Å². The van der Waals surface area contributed by atoms with E-state index in [4.69, 9.17) is 22.2 Å². The highest BCUT2D eigenvalue weighted by Gasteiger charge is 2.34. The largest absolute Gasteiger partial charge is 0.487 e. The number of ether oxygens (including phenoxy) is 1. The van der Waals surface area contributed by atoms with Crippen LogP contribution < -0.4 is 10.1 Å². The summed E-state index contributed by atoms with van der Waals surface area (Å²) in [6, 6.07) is 11.5. The number of thiocarbonyl (C=S) groups is 1. The van der Waals surface area contributed by atoms with E-state index in [0.717, 1.165) is 23.3 Å². The predicted molar refractivity (Wildman–Crippen MR) is 92.3 cm³/mol. The van der Waals surface area contributed by atoms with Crippen molar-refractivity contribution < 1.29 is 4.74 Å². The topological polar surface area (TPSA) is 57.9 Å². The highest BCUT2D eigenvalue weighted by Crippen LogP contribution is 2.40. The van der Waals surface area contributed by atoms with Crippen molar-refractivity contribution in [2.75, 3.05) is 0 Å². The smallest absolute Gasteiger partial charge is 0.125 e. The number of nitriles is 1. The lowest BCUT2D eigenvalue weighted by Crippen LogP contribution is -2.41. The van der Waals surface area contributed by atoms with Gasteiger partial charge in [0.15, 0.2) is 0 Å². The summed E-state index contributed by atoms with van der Waals surface area (Å²) in [6.07, 6.45) is 4.22. The van der Waals surface area contributed by atoms with Gasteiger partial charge in [-0.05, 0) is 44.2 Å². The van der Waals surface area contributed by atoms with E-state index in [1.54, 1.807) is 18.5 Å². The Morgan fingerprint density at radius 3 is 2.96 bits per heavy atom. The van der Waals surface area contributed by atoms with E-state index in [1.165, 1.54) is 0 Å². The summed E-state index contributed by atoms with van der Waals surface area (Å²) in [7, 11) is 0. The molecule has 2 aromatic rings. The Kier molecular flexibility index (Phi) is 4.01. The number of hydrogen-bond acceptors (Lipinski definition) is 4. The van der Waals surface area contributed by atoms with E-state index in [9.17, 15) is 0 Å². The lowest BCUT2D eigenvalue weighted by atomic mass is 9.89. The fraction of sp³-hybridized carbons (Fsp3) is 0.278. The van der Waals surface area contributed by atoms with Crippen LogP contribution in [0, 0.1) is 11.3 Å². The zero-order valence-corrected chi connectivity index (χ0v) is 13.9. The second kappa shape index (κ2) is 5.98. The van der Waals surface area contributed by atoms with E-state index >= 15 is 0 Å². The van der Waals surface area contributed by atoms with Crippen molar-refractivity contribution in [3.63, 3.8) is 0 Å². The third-order valence-electron chi connectivity index (χ3n) is 3.83. The van der Waals surface area contributed by atoms with Crippen molar-refractivity contribution in [2.24, 2.45) is 0 Å². The van der Waals surface area contributed by atoms with Gasteiger partial charge in [-0.1, -0.05) is 12.2 Å². The van der Waals surface area contributed by atoms with Crippen LogP contribution in [0.1, 0.15) is 43.0 Å². The van der Waals surface area contributed by atoms with Gasteiger partial charge in [-0.15, -0.1) is 0 Å². The lowest BCUT2D eigenvalue weighted by Gasteiger charge is -2.38. The minimum atomic E-state index is -0.302. The molecule has 1 N–H and O–H groups in total. The zero-order valence-electron chi connectivity index (χ0n) is 13.0. The van der Waals surface area contributed by atoms with Gasteiger partial charge in [-0.2, -0.15) is 5.26 Å². The molecule has 0 bridgehead atoms. The molecule has 0 amide bonds. The number of hydrogen-bond donors (Lipinski definition) is 1. The third kappa shape index (κ3) is 3.33. The van der Waals surface area contributed by atoms with Gasteiger partial charge in [0, 0.05) is 29.9 Å². The Labute approximate surface area is 141 Å². The van der Waals surface area contributed by atoms with E-state index in [2.05, 4.69) is 30.2 Å². The van der Waals surface area contributed by atoms with Crippen LogP contribution in [0.15, 0.2) is 42.7 Å². The van der Waals surface area contributed by atoms with Crippen molar-refractivity contribution in [1.29, 1.82) is 5.26 Å². The maximum atomic E-state index is 9.14. The maximum Gasteiger partial charge on any atom is 0.125 e. The standard InChI is InChI=1S/C18H17N3OS/c1-18(2)9-15(21-17(23)13-4-3-7-20-11-13)14-8-12(10-19)5-6-16(14)22-18/h3-8,11,15H,9H2,1-2H3,(H,21,23). The molecule has 1 aliphatic rings. The van der Waals surface area contributed by atoms with Crippen LogP contribution in [0.2, 0.25) is 0 Å². The van der Waals surface area contributed by atoms with Crippen molar-refractivity contribution in [3.8, 4) is 11.8 Å². The predicted octanol–water partition coefficient (Wildman–Crippen LogP) is 3.52. The van der Waals surface area contributed by atoms with Crippen LogP contribution in [-0.2, 0) is 0 Å². The van der Waals surface area contributed by atoms with Crippen molar-refractivity contribution in [1.82, 2.24) is 10.3 Å². The molecule has 1 unspecified atom stereocenters. The monoisotopic (exact) mass is 323 g/mol. The molecule has 0 radical (unpaired) electrons. The number of pyridine rings is 1. The van der Waals surface area contributed by atoms with Crippen molar-refractivity contribution in [3.05, 3.63) is 59.4 Å². The second-order valence-electron chi connectivity index (χ2n) is 6.20. The summed E-state index contributed by atoms with van der Waals surface area (Å²) < 4.78 is 6.03. The maximum absolute atomic E-state index is 9.14. The first kappa shape index (κ1) is 15.4. The quantitative estimate of drug-likeness (QED) is 0.857. The molecule has 0 saturated heterocycles. The number of fused-ring (bicyclic) bond motifs is 1. The molecule has 3 rings (SSSR count). The Balaban J connectivity index is 1.93. The van der Waals surface area contributed by atoms with Gasteiger partial charge in [0.1, 0.15) is 16.3 Å². The second-order valence-corrected chi connectivity index (χ2v) is 6.61. The zero-order chi connectivity index (χ0) is 16.4. The van der Waals surface area contributed by atoms with Crippen molar-refractivity contribution >= 4 is 17.2 Å². The normalized spacial score (nSPS) is 18.2. The highest BCUT2D eigenvalue weighted by molar-refractivity contribution is 7.80. The lowest BCUT2D eigenvalue weighted by molar-refractivity contribution is 0.0697. The number of rotatable bonds is 2. The molecule has 116 valence electrons. The average molecular weight is 323 g/mol. The fourth-order valence-electron chi connectivity index (χ4n) is 2.79. The first-order chi connectivity index (χ1) is 11.0. The van der Waals surface area contributed by atoms with Gasteiger partial charge >= 0.3 is 0 Å². The first-order valence-corrected chi connectivity index (χ1v) is 7.83. The molecule has 0 fully saturated rings. The van der Waals surface area contributed by atoms with Gasteiger partial charge < -0.3 is 10.1 Å². The highest BCUT2D eigenvalue weighted by atomic mass is 32.1. The molecule has 23 heavy (non-hydrogen) atoms. The number of benzene rings is 1. The summed E-state index contributed by atoms with van der Waals surface area (Å²) in [6.45, 7) is 4.10. The van der Waals surface area contributed by atoms with Gasteiger partial charge in [0.25, 0.3) is 0 Å². The number of aromatic nitrogens is 1. The van der Waals surface area contributed by atoms with Crippen molar-refractivity contribution in [2.45, 2.75) is 31.9 Å². The molecule has 1 aromatic carbocycles. The first-order valence-electron chi connectivity index (χ1n) is 7.42. The van der Waals surface area contributed by atoms with E-state index < -0.39 is 0 Å². The summed E-state index contributed by atoms with van der Waals surface area (Å²) >= 11 is 5.51. The van der Waals surface area contributed by atoms with Crippen LogP contribution in [0.5, 0.6) is 5.75 Å². The van der Waals surface area contributed by atoms with Gasteiger partial charge in [0.2, 0.25) is 0 Å². The van der Waals surface area contributed by atoms with E-state index in [1.807, 2.05) is 24.3 Å². The van der Waals surface area contributed by atoms with Crippen LogP contribution in [0.25, 0.3) is 0 Å². The Bertz CT molecular complexity index is 781. The molecule has 0 saturated carbocycles. The van der Waals surface area contributed by atoms with Crippen LogP contribution in [0.3, 0.4) is 0 Å². The molecular weight excluding hydrogens is 306 g/mol. The molecule has 1 atom stereocenters. The fourth-order valence-corrected chi connectivity index (χ4v) is 3.05. The SMILES string of the molecule is CC1(C)CC(NC(=S)c2cccnc2)c2cc(C#N)ccc2O1.